The van der Waals surface area contributed by atoms with Gasteiger partial charge in [0.1, 0.15) is 5.75 Å². The van der Waals surface area contributed by atoms with Crippen molar-refractivity contribution in [3.63, 3.8) is 0 Å². The minimum Gasteiger partial charge on any atom is -0.439 e. The lowest BCUT2D eigenvalue weighted by atomic mass is 10.0. The van der Waals surface area contributed by atoms with Gasteiger partial charge >= 0.3 is 0 Å². The van der Waals surface area contributed by atoms with Gasteiger partial charge in [0.15, 0.2) is 0 Å². The Balaban J connectivity index is 1.96. The molecule has 0 fully saturated rings. The lowest BCUT2D eigenvalue weighted by molar-refractivity contribution is 0.0320. The van der Waals surface area contributed by atoms with E-state index in [0.29, 0.717) is 11.6 Å². The zero-order chi connectivity index (χ0) is 16.6. The zero-order valence-corrected chi connectivity index (χ0v) is 13.8. The van der Waals surface area contributed by atoms with Gasteiger partial charge < -0.3 is 14.4 Å². The fourth-order valence-corrected chi connectivity index (χ4v) is 2.35. The second-order valence-corrected chi connectivity index (χ2v) is 6.41. The number of benzene rings is 1. The van der Waals surface area contributed by atoms with Gasteiger partial charge in [0, 0.05) is 18.3 Å². The summed E-state index contributed by atoms with van der Waals surface area (Å²) < 4.78 is 7.78. The average Bonchev–Trinajstić information content (AvgIpc) is 2.91. The number of rotatable bonds is 4. The van der Waals surface area contributed by atoms with Gasteiger partial charge in [-0.3, -0.25) is 0 Å². The second-order valence-electron chi connectivity index (χ2n) is 6.41. The van der Waals surface area contributed by atoms with Gasteiger partial charge in [0.05, 0.1) is 29.0 Å². The molecule has 0 saturated carbocycles. The van der Waals surface area contributed by atoms with Crippen LogP contribution in [0, 0.1) is 6.92 Å². The van der Waals surface area contributed by atoms with E-state index in [0.717, 1.165) is 16.6 Å². The van der Waals surface area contributed by atoms with Crippen LogP contribution in [0.2, 0.25) is 0 Å². The first-order chi connectivity index (χ1) is 10.8. The number of nitrogens with zero attached hydrogens (tertiary/aromatic N) is 3. The van der Waals surface area contributed by atoms with Crippen LogP contribution >= 0.6 is 0 Å². The van der Waals surface area contributed by atoms with Crippen molar-refractivity contribution in [2.24, 2.45) is 0 Å². The maximum absolute atomic E-state index is 10.3. The lowest BCUT2D eigenvalue weighted by Gasteiger charge is -2.27. The van der Waals surface area contributed by atoms with Gasteiger partial charge in [-0.1, -0.05) is 6.07 Å². The van der Waals surface area contributed by atoms with Crippen LogP contribution in [-0.4, -0.2) is 25.2 Å². The second kappa shape index (κ2) is 5.66. The molecule has 0 amide bonds. The molecule has 0 aliphatic rings. The Morgan fingerprint density at radius 3 is 2.61 bits per heavy atom. The summed E-state index contributed by atoms with van der Waals surface area (Å²) in [6, 6.07) is 9.40. The highest BCUT2D eigenvalue weighted by atomic mass is 16.5. The maximum atomic E-state index is 10.3. The summed E-state index contributed by atoms with van der Waals surface area (Å²) in [5.74, 6) is 1.25. The summed E-state index contributed by atoms with van der Waals surface area (Å²) in [5, 5.41) is 10.3. The van der Waals surface area contributed by atoms with E-state index in [1.165, 1.54) is 0 Å². The highest BCUT2D eigenvalue weighted by Gasteiger charge is 2.25. The third-order valence-corrected chi connectivity index (χ3v) is 4.09. The van der Waals surface area contributed by atoms with E-state index < -0.39 is 5.60 Å². The molecule has 0 radical (unpaired) electrons. The first-order valence-electron chi connectivity index (χ1n) is 7.64. The van der Waals surface area contributed by atoms with E-state index >= 15 is 0 Å². The van der Waals surface area contributed by atoms with Crippen LogP contribution in [0.5, 0.6) is 11.6 Å². The van der Waals surface area contributed by atoms with Crippen molar-refractivity contribution in [2.45, 2.75) is 39.3 Å². The molecular weight excluding hydrogens is 290 g/mol. The molecule has 120 valence electrons. The number of ether oxygens (including phenoxy) is 1. The van der Waals surface area contributed by atoms with Gasteiger partial charge in [-0.05, 0) is 45.4 Å². The Morgan fingerprint density at radius 1 is 1.17 bits per heavy atom. The normalized spacial score (nSPS) is 13.3. The van der Waals surface area contributed by atoms with Crippen LogP contribution in [0.1, 0.15) is 32.4 Å². The predicted molar refractivity (Wildman–Crippen MR) is 89.8 cm³/mol. The molecule has 5 nitrogen and oxygen atoms in total. The zero-order valence-electron chi connectivity index (χ0n) is 13.8. The number of aromatic nitrogens is 3. The van der Waals surface area contributed by atoms with Gasteiger partial charge in [-0.15, -0.1) is 0 Å². The summed E-state index contributed by atoms with van der Waals surface area (Å²) in [6.45, 7) is 7.54. The van der Waals surface area contributed by atoms with Crippen LogP contribution < -0.4 is 4.74 Å². The van der Waals surface area contributed by atoms with Crippen molar-refractivity contribution in [3.8, 4) is 11.6 Å². The molecule has 1 N–H and O–H groups in total. The van der Waals surface area contributed by atoms with Gasteiger partial charge in [-0.25, -0.2) is 9.97 Å². The summed E-state index contributed by atoms with van der Waals surface area (Å²) in [4.78, 5) is 8.65. The lowest BCUT2D eigenvalue weighted by Crippen LogP contribution is -2.30. The molecule has 0 bridgehead atoms. The summed E-state index contributed by atoms with van der Waals surface area (Å²) >= 11 is 0. The molecule has 1 aromatic carbocycles. The van der Waals surface area contributed by atoms with Crippen LogP contribution in [0.25, 0.3) is 11.0 Å². The Morgan fingerprint density at radius 2 is 1.96 bits per heavy atom. The third kappa shape index (κ3) is 3.19. The quantitative estimate of drug-likeness (QED) is 0.794. The Kier molecular flexibility index (Phi) is 3.82. The third-order valence-electron chi connectivity index (χ3n) is 4.09. The number of fused-ring (bicyclic) bond motifs is 1. The molecule has 0 saturated heterocycles. The van der Waals surface area contributed by atoms with E-state index in [4.69, 9.17) is 4.74 Å². The van der Waals surface area contributed by atoms with E-state index in [9.17, 15) is 5.11 Å². The number of hydrogen-bond acceptors (Lipinski definition) is 4. The van der Waals surface area contributed by atoms with Crippen molar-refractivity contribution in [1.29, 1.82) is 0 Å². The average molecular weight is 311 g/mol. The van der Waals surface area contributed by atoms with E-state index in [1.807, 2.05) is 48.7 Å². The first-order valence-corrected chi connectivity index (χ1v) is 7.64. The summed E-state index contributed by atoms with van der Waals surface area (Å²) in [5.41, 5.74) is 2.03. The summed E-state index contributed by atoms with van der Waals surface area (Å²) in [6.07, 6.45) is 3.52. The van der Waals surface area contributed by atoms with Crippen LogP contribution in [0.15, 0.2) is 42.9 Å². The number of pyridine rings is 1. The highest BCUT2D eigenvalue weighted by Crippen LogP contribution is 2.29. The van der Waals surface area contributed by atoms with Crippen LogP contribution in [0.4, 0.5) is 0 Å². The summed E-state index contributed by atoms with van der Waals surface area (Å²) in [7, 11) is 0. The standard InChI is InChI=1S/C18H21N3O2/c1-12-5-8-17(19-10-12)23-14-6-7-15-16(9-14)21(11-20-15)13(2)18(3,4)22/h5-11,13,22H,1-4H3/t13-/m1/s1. The number of imidazole rings is 1. The minimum absolute atomic E-state index is 0.111. The largest absolute Gasteiger partial charge is 0.439 e. The Hall–Kier alpha value is -2.40. The monoisotopic (exact) mass is 311 g/mol. The first kappa shape index (κ1) is 15.5. The van der Waals surface area contributed by atoms with Crippen molar-refractivity contribution < 1.29 is 9.84 Å². The van der Waals surface area contributed by atoms with Gasteiger partial charge in [-0.2, -0.15) is 0 Å². The van der Waals surface area contributed by atoms with Crippen molar-refractivity contribution in [1.82, 2.24) is 14.5 Å². The van der Waals surface area contributed by atoms with Crippen molar-refractivity contribution in [2.75, 3.05) is 0 Å². The molecule has 0 aliphatic carbocycles. The minimum atomic E-state index is -0.844. The number of aryl methyl sites for hydroxylation is 1. The SMILES string of the molecule is Cc1ccc(Oc2ccc3ncn([C@H](C)C(C)(C)O)c3c2)nc1. The molecule has 2 aromatic heterocycles. The molecule has 2 heterocycles. The Labute approximate surface area is 135 Å². The van der Waals surface area contributed by atoms with Gasteiger partial charge in [0.25, 0.3) is 0 Å². The van der Waals surface area contributed by atoms with E-state index in [1.54, 1.807) is 26.4 Å². The van der Waals surface area contributed by atoms with Crippen LogP contribution in [-0.2, 0) is 0 Å². The molecular formula is C18H21N3O2. The molecule has 1 atom stereocenters. The van der Waals surface area contributed by atoms with Gasteiger partial charge in [0.2, 0.25) is 5.88 Å². The fourth-order valence-electron chi connectivity index (χ4n) is 2.35. The Bertz CT molecular complexity index is 816. The smallest absolute Gasteiger partial charge is 0.219 e. The topological polar surface area (TPSA) is 60.2 Å². The molecule has 3 rings (SSSR count). The fraction of sp³-hybridized carbons (Fsp3) is 0.333. The van der Waals surface area contributed by atoms with E-state index in [2.05, 4.69) is 9.97 Å². The molecule has 0 aliphatic heterocycles. The number of aliphatic hydroxyl groups is 1. The van der Waals surface area contributed by atoms with E-state index in [-0.39, 0.29) is 6.04 Å². The molecule has 0 unspecified atom stereocenters. The predicted octanol–water partition coefficient (Wildman–Crippen LogP) is 3.86. The van der Waals surface area contributed by atoms with Crippen molar-refractivity contribution in [3.05, 3.63) is 48.4 Å². The highest BCUT2D eigenvalue weighted by molar-refractivity contribution is 5.77. The van der Waals surface area contributed by atoms with Crippen LogP contribution in [0.3, 0.4) is 0 Å². The molecule has 5 heteroatoms. The molecule has 0 spiro atoms. The molecule has 3 aromatic rings. The number of hydrogen-bond donors (Lipinski definition) is 1. The van der Waals surface area contributed by atoms with Crippen molar-refractivity contribution >= 4 is 11.0 Å². The maximum Gasteiger partial charge on any atom is 0.219 e. The molecule has 23 heavy (non-hydrogen) atoms.